The zero-order chi connectivity index (χ0) is 8.27. The summed E-state index contributed by atoms with van der Waals surface area (Å²) in [6, 6.07) is 8.31. The van der Waals surface area contributed by atoms with Crippen molar-refractivity contribution in [3.8, 4) is 6.07 Å². The molecule has 0 aliphatic carbocycles. The number of benzene rings is 1. The molecule has 0 radical (unpaired) electrons. The minimum atomic E-state index is -0.549. The van der Waals surface area contributed by atoms with E-state index in [2.05, 4.69) is 0 Å². The minimum Gasteiger partial charge on any atom is -0.312 e. The Bertz CT molecular complexity index is 273. The van der Waals surface area contributed by atoms with Gasteiger partial charge in [0, 0.05) is 5.02 Å². The fraction of sp³-hybridized carbons (Fsp3) is 0.125. The van der Waals surface area contributed by atoms with E-state index in [4.69, 9.17) is 22.6 Å². The second-order valence-corrected chi connectivity index (χ2v) is 2.59. The standard InChI is InChI=1S/C8H7ClN2/c9-7-3-1-6(2-4-7)8(11)5-10/h1-4,8H,11H2/t8-/m0/s1. The van der Waals surface area contributed by atoms with E-state index in [0.717, 1.165) is 5.56 Å². The van der Waals surface area contributed by atoms with E-state index in [1.807, 2.05) is 6.07 Å². The molecule has 0 aliphatic rings. The fourth-order valence-corrected chi connectivity index (χ4v) is 0.871. The number of rotatable bonds is 1. The molecule has 0 spiro atoms. The van der Waals surface area contributed by atoms with Crippen molar-refractivity contribution in [3.63, 3.8) is 0 Å². The highest BCUT2D eigenvalue weighted by Gasteiger charge is 2.01. The summed E-state index contributed by atoms with van der Waals surface area (Å²) < 4.78 is 0. The van der Waals surface area contributed by atoms with Crippen molar-refractivity contribution in [2.45, 2.75) is 6.04 Å². The number of nitrogens with zero attached hydrogens (tertiary/aromatic N) is 1. The van der Waals surface area contributed by atoms with Crippen molar-refractivity contribution in [2.24, 2.45) is 5.73 Å². The molecule has 0 heterocycles. The third-order valence-electron chi connectivity index (χ3n) is 1.37. The predicted octanol–water partition coefficient (Wildman–Crippen LogP) is 1.86. The molecule has 0 bridgehead atoms. The highest BCUT2D eigenvalue weighted by Crippen LogP contribution is 2.13. The number of nitrogens with two attached hydrogens (primary N) is 1. The third kappa shape index (κ3) is 1.94. The summed E-state index contributed by atoms with van der Waals surface area (Å²) in [5.41, 5.74) is 6.23. The maximum absolute atomic E-state index is 8.45. The van der Waals surface area contributed by atoms with Gasteiger partial charge in [0.2, 0.25) is 0 Å². The first-order valence-electron chi connectivity index (χ1n) is 3.14. The SMILES string of the molecule is N#C[C@H](N)c1ccc(Cl)cc1. The normalized spacial score (nSPS) is 12.1. The molecule has 3 heteroatoms. The zero-order valence-corrected chi connectivity index (χ0v) is 6.55. The first kappa shape index (κ1) is 8.06. The molecular weight excluding hydrogens is 160 g/mol. The molecule has 1 atom stereocenters. The molecule has 1 aromatic carbocycles. The molecule has 0 saturated carbocycles. The van der Waals surface area contributed by atoms with Crippen LogP contribution in [-0.2, 0) is 0 Å². The molecule has 1 rings (SSSR count). The number of nitriles is 1. The Hall–Kier alpha value is -1.04. The van der Waals surface area contributed by atoms with Crippen LogP contribution < -0.4 is 5.73 Å². The van der Waals surface area contributed by atoms with Crippen molar-refractivity contribution in [1.82, 2.24) is 0 Å². The molecule has 56 valence electrons. The fourth-order valence-electron chi connectivity index (χ4n) is 0.745. The van der Waals surface area contributed by atoms with Crippen LogP contribution in [0.3, 0.4) is 0 Å². The zero-order valence-electron chi connectivity index (χ0n) is 5.79. The van der Waals surface area contributed by atoms with Gasteiger partial charge in [0.05, 0.1) is 6.07 Å². The van der Waals surface area contributed by atoms with E-state index < -0.39 is 6.04 Å². The van der Waals surface area contributed by atoms with E-state index in [9.17, 15) is 0 Å². The molecular formula is C8H7ClN2. The van der Waals surface area contributed by atoms with Crippen molar-refractivity contribution < 1.29 is 0 Å². The topological polar surface area (TPSA) is 49.8 Å². The van der Waals surface area contributed by atoms with Crippen LogP contribution in [0.15, 0.2) is 24.3 Å². The number of halogens is 1. The lowest BCUT2D eigenvalue weighted by molar-refractivity contribution is 0.926. The Kier molecular flexibility index (Phi) is 2.48. The van der Waals surface area contributed by atoms with Crippen LogP contribution in [0.5, 0.6) is 0 Å². The van der Waals surface area contributed by atoms with E-state index in [1.54, 1.807) is 24.3 Å². The lowest BCUT2D eigenvalue weighted by Gasteiger charge is -2.00. The summed E-state index contributed by atoms with van der Waals surface area (Å²) in [7, 11) is 0. The van der Waals surface area contributed by atoms with E-state index >= 15 is 0 Å². The van der Waals surface area contributed by atoms with Gasteiger partial charge in [0.1, 0.15) is 6.04 Å². The van der Waals surface area contributed by atoms with Gasteiger partial charge in [0.25, 0.3) is 0 Å². The van der Waals surface area contributed by atoms with E-state index in [1.165, 1.54) is 0 Å². The van der Waals surface area contributed by atoms with Crippen LogP contribution >= 0.6 is 11.6 Å². The van der Waals surface area contributed by atoms with Gasteiger partial charge in [-0.3, -0.25) is 0 Å². The Balaban J connectivity index is 2.92. The van der Waals surface area contributed by atoms with E-state index in [-0.39, 0.29) is 0 Å². The van der Waals surface area contributed by atoms with Crippen molar-refractivity contribution in [2.75, 3.05) is 0 Å². The Morgan fingerprint density at radius 2 is 1.91 bits per heavy atom. The van der Waals surface area contributed by atoms with Gasteiger partial charge >= 0.3 is 0 Å². The third-order valence-corrected chi connectivity index (χ3v) is 1.62. The van der Waals surface area contributed by atoms with Gasteiger partial charge in [-0.25, -0.2) is 0 Å². The Morgan fingerprint density at radius 1 is 1.36 bits per heavy atom. The second kappa shape index (κ2) is 3.38. The molecule has 0 amide bonds. The van der Waals surface area contributed by atoms with Crippen LogP contribution in [0.4, 0.5) is 0 Å². The monoisotopic (exact) mass is 166 g/mol. The van der Waals surface area contributed by atoms with Gasteiger partial charge in [-0.15, -0.1) is 0 Å². The highest BCUT2D eigenvalue weighted by molar-refractivity contribution is 6.30. The number of hydrogen-bond acceptors (Lipinski definition) is 2. The first-order valence-corrected chi connectivity index (χ1v) is 3.52. The number of hydrogen-bond donors (Lipinski definition) is 1. The highest BCUT2D eigenvalue weighted by atomic mass is 35.5. The lowest BCUT2D eigenvalue weighted by atomic mass is 10.1. The van der Waals surface area contributed by atoms with Gasteiger partial charge < -0.3 is 5.73 Å². The van der Waals surface area contributed by atoms with E-state index in [0.29, 0.717) is 5.02 Å². The molecule has 2 nitrogen and oxygen atoms in total. The molecule has 1 aromatic rings. The van der Waals surface area contributed by atoms with Crippen molar-refractivity contribution in [1.29, 1.82) is 5.26 Å². The van der Waals surface area contributed by atoms with Crippen molar-refractivity contribution in [3.05, 3.63) is 34.9 Å². The molecule has 0 saturated heterocycles. The minimum absolute atomic E-state index is 0.549. The maximum Gasteiger partial charge on any atom is 0.118 e. The molecule has 0 aliphatic heterocycles. The summed E-state index contributed by atoms with van der Waals surface area (Å²) in [5.74, 6) is 0. The van der Waals surface area contributed by atoms with Gasteiger partial charge in [0.15, 0.2) is 0 Å². The van der Waals surface area contributed by atoms with Gasteiger partial charge in [-0.05, 0) is 17.7 Å². The van der Waals surface area contributed by atoms with Crippen LogP contribution in [0.25, 0.3) is 0 Å². The first-order chi connectivity index (χ1) is 5.24. The summed E-state index contributed by atoms with van der Waals surface area (Å²) in [6.45, 7) is 0. The predicted molar refractivity (Wildman–Crippen MR) is 44.0 cm³/mol. The summed E-state index contributed by atoms with van der Waals surface area (Å²) in [5, 5.41) is 9.10. The maximum atomic E-state index is 8.45. The quantitative estimate of drug-likeness (QED) is 0.693. The smallest absolute Gasteiger partial charge is 0.118 e. The van der Waals surface area contributed by atoms with Crippen LogP contribution in [-0.4, -0.2) is 0 Å². The Labute approximate surface area is 70.2 Å². The summed E-state index contributed by atoms with van der Waals surface area (Å²) in [6.07, 6.45) is 0. The van der Waals surface area contributed by atoms with Crippen LogP contribution in [0.1, 0.15) is 11.6 Å². The average molecular weight is 167 g/mol. The van der Waals surface area contributed by atoms with Crippen molar-refractivity contribution >= 4 is 11.6 Å². The van der Waals surface area contributed by atoms with Gasteiger partial charge in [-0.2, -0.15) is 5.26 Å². The molecule has 0 aromatic heterocycles. The summed E-state index contributed by atoms with van der Waals surface area (Å²) >= 11 is 5.64. The average Bonchev–Trinajstić information content (AvgIpc) is 2.05. The Morgan fingerprint density at radius 3 is 2.36 bits per heavy atom. The molecule has 11 heavy (non-hydrogen) atoms. The van der Waals surface area contributed by atoms with Crippen LogP contribution in [0.2, 0.25) is 5.02 Å². The molecule has 0 unspecified atom stereocenters. The van der Waals surface area contributed by atoms with Gasteiger partial charge in [-0.1, -0.05) is 23.7 Å². The lowest BCUT2D eigenvalue weighted by Crippen LogP contribution is -2.06. The second-order valence-electron chi connectivity index (χ2n) is 2.16. The molecule has 2 N–H and O–H groups in total. The molecule has 0 fully saturated rings. The largest absolute Gasteiger partial charge is 0.312 e. The van der Waals surface area contributed by atoms with Crippen LogP contribution in [0, 0.1) is 11.3 Å². The summed E-state index contributed by atoms with van der Waals surface area (Å²) in [4.78, 5) is 0.